The summed E-state index contributed by atoms with van der Waals surface area (Å²) in [6.45, 7) is 18.0. The second kappa shape index (κ2) is 14.3. The maximum atomic E-state index is 11.9. The van der Waals surface area contributed by atoms with Gasteiger partial charge in [0.1, 0.15) is 0 Å². The van der Waals surface area contributed by atoms with Crippen LogP contribution in [0.3, 0.4) is 0 Å². The molecule has 0 aromatic heterocycles. The summed E-state index contributed by atoms with van der Waals surface area (Å²) in [5.41, 5.74) is 21.3. The van der Waals surface area contributed by atoms with Crippen molar-refractivity contribution < 1.29 is 4.79 Å². The summed E-state index contributed by atoms with van der Waals surface area (Å²) in [6.07, 6.45) is 10.2. The molecule has 2 fully saturated rings. The number of carbonyl (C=O) groups is 1. The number of nitrogens with zero attached hydrogens (tertiary/aromatic N) is 3. The number of anilines is 1. The SMILES string of the molecule is C=C(N/C=C\N)C(/C=C(/Cl)C(=C)N1CCN(C2CCN(Cc3ccc(N)cc3C(N)=O)CC2)[C@@H](CC)C1)=C/C. The van der Waals surface area contributed by atoms with E-state index in [1.54, 1.807) is 12.3 Å². The normalized spacial score (nSPS) is 20.4. The Morgan fingerprint density at radius 2 is 1.92 bits per heavy atom. The van der Waals surface area contributed by atoms with Gasteiger partial charge in [-0.15, -0.1) is 0 Å². The van der Waals surface area contributed by atoms with Crippen LogP contribution in [0.15, 0.2) is 77.9 Å². The molecule has 2 aliphatic rings. The molecule has 0 aliphatic carbocycles. The molecule has 2 heterocycles. The fourth-order valence-corrected chi connectivity index (χ4v) is 5.75. The lowest BCUT2D eigenvalue weighted by Gasteiger charge is -2.48. The van der Waals surface area contributed by atoms with Gasteiger partial charge in [-0.2, -0.15) is 0 Å². The summed E-state index contributed by atoms with van der Waals surface area (Å²) < 4.78 is 0. The van der Waals surface area contributed by atoms with Gasteiger partial charge in [0.2, 0.25) is 5.91 Å². The summed E-state index contributed by atoms with van der Waals surface area (Å²) in [5.74, 6) is -0.431. The van der Waals surface area contributed by atoms with Gasteiger partial charge in [-0.1, -0.05) is 43.8 Å². The lowest BCUT2D eigenvalue weighted by atomic mass is 9.97. The molecule has 7 N–H and O–H groups in total. The maximum Gasteiger partial charge on any atom is 0.249 e. The van der Waals surface area contributed by atoms with Gasteiger partial charge in [0.15, 0.2) is 0 Å². The first kappa shape index (κ1) is 30.3. The van der Waals surface area contributed by atoms with Gasteiger partial charge in [-0.3, -0.25) is 14.6 Å². The number of nitrogens with two attached hydrogens (primary N) is 3. The molecular formula is C30H44ClN7O. The monoisotopic (exact) mass is 553 g/mol. The van der Waals surface area contributed by atoms with Crippen LogP contribution in [-0.4, -0.2) is 65.4 Å². The largest absolute Gasteiger partial charge is 0.403 e. The Morgan fingerprint density at radius 3 is 2.54 bits per heavy atom. The number of piperidine rings is 1. The van der Waals surface area contributed by atoms with E-state index in [-0.39, 0.29) is 0 Å². The highest BCUT2D eigenvalue weighted by atomic mass is 35.5. The van der Waals surface area contributed by atoms with Crippen LogP contribution >= 0.6 is 11.6 Å². The lowest BCUT2D eigenvalue weighted by Crippen LogP contribution is -2.57. The molecule has 212 valence electrons. The highest BCUT2D eigenvalue weighted by Gasteiger charge is 2.33. The number of primary amides is 1. The number of allylic oxidation sites excluding steroid dienone is 3. The van der Waals surface area contributed by atoms with Crippen molar-refractivity contribution in [1.29, 1.82) is 0 Å². The van der Waals surface area contributed by atoms with Crippen LogP contribution in [0, 0.1) is 0 Å². The molecule has 9 heteroatoms. The lowest BCUT2D eigenvalue weighted by molar-refractivity contribution is 0.0236. The van der Waals surface area contributed by atoms with Crippen molar-refractivity contribution in [3.63, 3.8) is 0 Å². The average Bonchev–Trinajstić information content (AvgIpc) is 2.94. The third kappa shape index (κ3) is 7.91. The molecule has 0 radical (unpaired) electrons. The van der Waals surface area contributed by atoms with Crippen molar-refractivity contribution in [3.8, 4) is 0 Å². The summed E-state index contributed by atoms with van der Waals surface area (Å²) >= 11 is 6.73. The highest BCUT2D eigenvalue weighted by molar-refractivity contribution is 6.32. The first-order valence-electron chi connectivity index (χ1n) is 13.6. The van der Waals surface area contributed by atoms with Crippen molar-refractivity contribution in [2.24, 2.45) is 11.5 Å². The maximum absolute atomic E-state index is 11.9. The van der Waals surface area contributed by atoms with Crippen LogP contribution in [0.2, 0.25) is 0 Å². The first-order chi connectivity index (χ1) is 18.7. The average molecular weight is 554 g/mol. The number of likely N-dealkylation sites (tertiary alicyclic amines) is 1. The molecule has 1 amide bonds. The first-order valence-corrected chi connectivity index (χ1v) is 14.0. The van der Waals surface area contributed by atoms with Gasteiger partial charge in [-0.05, 0) is 68.6 Å². The molecule has 3 rings (SSSR count). The molecule has 0 spiro atoms. The fourth-order valence-electron chi connectivity index (χ4n) is 5.52. The smallest absolute Gasteiger partial charge is 0.249 e. The molecule has 8 nitrogen and oxygen atoms in total. The molecule has 0 unspecified atom stereocenters. The van der Waals surface area contributed by atoms with Crippen LogP contribution < -0.4 is 22.5 Å². The molecule has 2 aliphatic heterocycles. The van der Waals surface area contributed by atoms with E-state index in [1.807, 2.05) is 31.2 Å². The van der Waals surface area contributed by atoms with Crippen LogP contribution in [0.25, 0.3) is 0 Å². The number of rotatable bonds is 11. The van der Waals surface area contributed by atoms with Crippen molar-refractivity contribution >= 4 is 23.2 Å². The molecule has 1 aromatic carbocycles. The van der Waals surface area contributed by atoms with Crippen molar-refractivity contribution in [3.05, 3.63) is 89.0 Å². The van der Waals surface area contributed by atoms with Crippen molar-refractivity contribution in [2.75, 3.05) is 38.5 Å². The molecule has 1 atom stereocenters. The molecule has 2 saturated heterocycles. The number of hydrogen-bond acceptors (Lipinski definition) is 7. The zero-order valence-electron chi connectivity index (χ0n) is 23.3. The number of hydrogen-bond donors (Lipinski definition) is 4. The number of nitrogen functional groups attached to an aromatic ring is 1. The van der Waals surface area contributed by atoms with E-state index in [2.05, 4.69) is 40.1 Å². The van der Waals surface area contributed by atoms with Gasteiger partial charge >= 0.3 is 0 Å². The second-order valence-electron chi connectivity index (χ2n) is 10.2. The van der Waals surface area contributed by atoms with E-state index in [0.29, 0.717) is 34.9 Å². The van der Waals surface area contributed by atoms with E-state index in [4.69, 9.17) is 28.8 Å². The number of amides is 1. The second-order valence-corrected chi connectivity index (χ2v) is 10.6. The van der Waals surface area contributed by atoms with Gasteiger partial charge in [0.25, 0.3) is 0 Å². The standard InChI is InChI=1S/C30H44ClN7O/c1-5-23(21(3)35-12-11-32)17-29(31)22(4)37-15-16-38(26(6-2)20-37)27-9-13-36(14-10-27)19-24-7-8-25(33)18-28(24)30(34)39/h5,7-8,11-12,17-18,26-27,35H,3-4,6,9-10,13-16,19-20,32-33H2,1-2H3,(H2,34,39)/b12-11-,23-5+,29-17+/t26-/m0/s1. The van der Waals surface area contributed by atoms with Crippen LogP contribution in [0.1, 0.15) is 49.0 Å². The topological polar surface area (TPSA) is 117 Å². The zero-order valence-corrected chi connectivity index (χ0v) is 24.1. The summed E-state index contributed by atoms with van der Waals surface area (Å²) in [6, 6.07) is 6.40. The van der Waals surface area contributed by atoms with E-state index < -0.39 is 5.91 Å². The Balaban J connectivity index is 1.57. The molecule has 0 saturated carbocycles. The molecule has 0 bridgehead atoms. The predicted molar refractivity (Wildman–Crippen MR) is 162 cm³/mol. The minimum Gasteiger partial charge on any atom is -0.403 e. The fraction of sp³-hybridized carbons (Fsp3) is 0.433. The number of piperazine rings is 1. The summed E-state index contributed by atoms with van der Waals surface area (Å²) in [5, 5.41) is 3.65. The van der Waals surface area contributed by atoms with Crippen LogP contribution in [0.4, 0.5) is 5.69 Å². The minimum absolute atomic E-state index is 0.431. The summed E-state index contributed by atoms with van der Waals surface area (Å²) in [7, 11) is 0. The van der Waals surface area contributed by atoms with Gasteiger partial charge in [-0.25, -0.2) is 0 Å². The van der Waals surface area contributed by atoms with Crippen molar-refractivity contribution in [2.45, 2.75) is 51.7 Å². The van der Waals surface area contributed by atoms with Crippen LogP contribution in [0.5, 0.6) is 0 Å². The Bertz CT molecular complexity index is 1130. The van der Waals surface area contributed by atoms with Gasteiger partial charge in [0, 0.05) is 73.3 Å². The predicted octanol–water partition coefficient (Wildman–Crippen LogP) is 3.84. The third-order valence-corrected chi connectivity index (χ3v) is 8.10. The van der Waals surface area contributed by atoms with Crippen molar-refractivity contribution in [1.82, 2.24) is 20.0 Å². The number of nitrogens with one attached hydrogen (secondary N) is 1. The molecule has 39 heavy (non-hydrogen) atoms. The van der Waals surface area contributed by atoms with Gasteiger partial charge < -0.3 is 27.4 Å². The Labute approximate surface area is 238 Å². The Morgan fingerprint density at radius 1 is 1.21 bits per heavy atom. The van der Waals surface area contributed by atoms with E-state index in [9.17, 15) is 4.79 Å². The number of benzene rings is 1. The van der Waals surface area contributed by atoms with E-state index in [0.717, 1.165) is 74.5 Å². The Kier molecular flexibility index (Phi) is 11.1. The summed E-state index contributed by atoms with van der Waals surface area (Å²) in [4.78, 5) is 19.3. The Hall–Kier alpha value is -3.20. The minimum atomic E-state index is -0.431. The van der Waals surface area contributed by atoms with Gasteiger partial charge in [0.05, 0.1) is 5.03 Å². The third-order valence-electron chi connectivity index (χ3n) is 7.77. The van der Waals surface area contributed by atoms with E-state index >= 15 is 0 Å². The number of carbonyl (C=O) groups excluding carboxylic acids is 1. The molecule has 1 aromatic rings. The highest BCUT2D eigenvalue weighted by Crippen LogP contribution is 2.29. The quantitative estimate of drug-likeness (QED) is 0.243. The number of halogens is 1. The van der Waals surface area contributed by atoms with E-state index in [1.165, 1.54) is 6.20 Å². The molecular weight excluding hydrogens is 510 g/mol. The van der Waals surface area contributed by atoms with Crippen LogP contribution in [-0.2, 0) is 6.54 Å². The zero-order chi connectivity index (χ0) is 28.5.